The lowest BCUT2D eigenvalue weighted by Gasteiger charge is -2.35. The minimum Gasteiger partial charge on any atom is -0.381 e. The van der Waals surface area contributed by atoms with Crippen LogP contribution >= 0.6 is 11.6 Å². The Morgan fingerprint density at radius 2 is 1.81 bits per heavy atom. The molecule has 2 heteroatoms. The Kier molecular flexibility index (Phi) is 3.44. The molecule has 1 saturated carbocycles. The molecule has 0 unspecified atom stereocenters. The second-order valence-corrected chi connectivity index (χ2v) is 5.97. The first-order valence-electron chi connectivity index (χ1n) is 6.08. The molecule has 0 spiro atoms. The number of benzene rings is 1. The Bertz CT molecular complexity index is 350. The van der Waals surface area contributed by atoms with Crippen LogP contribution in [0.4, 0.5) is 5.69 Å². The first-order chi connectivity index (χ1) is 7.57. The normalized spacial score (nSPS) is 20.7. The van der Waals surface area contributed by atoms with E-state index < -0.39 is 0 Å². The standard InChI is InChI=1S/C14H20ClN/c1-14(2)9-7-11(8-10-14)16-13-6-4-3-5-12(13)15/h3-6,11,16H,7-10H2,1-2H3. The van der Waals surface area contributed by atoms with Crippen molar-refractivity contribution in [1.29, 1.82) is 0 Å². The lowest BCUT2D eigenvalue weighted by Crippen LogP contribution is -2.29. The summed E-state index contributed by atoms with van der Waals surface area (Å²) in [6.07, 6.45) is 5.10. The molecule has 1 aliphatic carbocycles. The molecule has 0 heterocycles. The van der Waals surface area contributed by atoms with Crippen molar-refractivity contribution in [3.8, 4) is 0 Å². The van der Waals surface area contributed by atoms with Crippen molar-refractivity contribution >= 4 is 17.3 Å². The molecule has 16 heavy (non-hydrogen) atoms. The van der Waals surface area contributed by atoms with Gasteiger partial charge in [-0.05, 0) is 43.2 Å². The molecule has 1 fully saturated rings. The summed E-state index contributed by atoms with van der Waals surface area (Å²) < 4.78 is 0. The van der Waals surface area contributed by atoms with Crippen molar-refractivity contribution in [3.63, 3.8) is 0 Å². The molecular formula is C14H20ClN. The Hall–Kier alpha value is -0.690. The van der Waals surface area contributed by atoms with Gasteiger partial charge in [0.25, 0.3) is 0 Å². The quantitative estimate of drug-likeness (QED) is 0.785. The number of hydrogen-bond acceptors (Lipinski definition) is 1. The third kappa shape index (κ3) is 2.91. The molecule has 0 bridgehead atoms. The van der Waals surface area contributed by atoms with Gasteiger partial charge in [0.05, 0.1) is 10.7 Å². The summed E-state index contributed by atoms with van der Waals surface area (Å²) in [5.74, 6) is 0. The molecule has 1 nitrogen and oxygen atoms in total. The monoisotopic (exact) mass is 237 g/mol. The van der Waals surface area contributed by atoms with Crippen LogP contribution in [-0.4, -0.2) is 6.04 Å². The van der Waals surface area contributed by atoms with Gasteiger partial charge in [-0.2, -0.15) is 0 Å². The number of para-hydroxylation sites is 1. The average molecular weight is 238 g/mol. The van der Waals surface area contributed by atoms with E-state index in [9.17, 15) is 0 Å². The van der Waals surface area contributed by atoms with E-state index >= 15 is 0 Å². The molecule has 88 valence electrons. The zero-order valence-corrected chi connectivity index (χ0v) is 10.8. The molecule has 0 amide bonds. The second kappa shape index (κ2) is 4.67. The van der Waals surface area contributed by atoms with Crippen LogP contribution in [-0.2, 0) is 0 Å². The summed E-state index contributed by atoms with van der Waals surface area (Å²) in [4.78, 5) is 0. The first kappa shape index (κ1) is 11.8. The van der Waals surface area contributed by atoms with Gasteiger partial charge in [0.2, 0.25) is 0 Å². The van der Waals surface area contributed by atoms with Gasteiger partial charge in [-0.1, -0.05) is 37.6 Å². The van der Waals surface area contributed by atoms with Crippen LogP contribution in [0, 0.1) is 5.41 Å². The van der Waals surface area contributed by atoms with Crippen LogP contribution in [0.15, 0.2) is 24.3 Å². The molecule has 1 aromatic carbocycles. The van der Waals surface area contributed by atoms with Crippen molar-refractivity contribution < 1.29 is 0 Å². The second-order valence-electron chi connectivity index (χ2n) is 5.56. The number of rotatable bonds is 2. The van der Waals surface area contributed by atoms with Crippen LogP contribution < -0.4 is 5.32 Å². The molecule has 1 N–H and O–H groups in total. The summed E-state index contributed by atoms with van der Waals surface area (Å²) in [5.41, 5.74) is 1.60. The molecule has 0 saturated heterocycles. The van der Waals surface area contributed by atoms with E-state index in [1.807, 2.05) is 18.2 Å². The first-order valence-corrected chi connectivity index (χ1v) is 6.46. The van der Waals surface area contributed by atoms with Gasteiger partial charge in [-0.3, -0.25) is 0 Å². The topological polar surface area (TPSA) is 12.0 Å². The van der Waals surface area contributed by atoms with E-state index in [1.165, 1.54) is 25.7 Å². The van der Waals surface area contributed by atoms with Crippen LogP contribution in [0.2, 0.25) is 5.02 Å². The maximum Gasteiger partial charge on any atom is 0.0637 e. The third-order valence-corrected chi connectivity index (χ3v) is 3.90. The summed E-state index contributed by atoms with van der Waals surface area (Å²) in [6.45, 7) is 4.72. The van der Waals surface area contributed by atoms with Gasteiger partial charge < -0.3 is 5.32 Å². The summed E-state index contributed by atoms with van der Waals surface area (Å²) in [5, 5.41) is 4.38. The highest BCUT2D eigenvalue weighted by Crippen LogP contribution is 2.36. The Morgan fingerprint density at radius 1 is 1.19 bits per heavy atom. The summed E-state index contributed by atoms with van der Waals surface area (Å²) in [7, 11) is 0. The summed E-state index contributed by atoms with van der Waals surface area (Å²) >= 11 is 6.14. The van der Waals surface area contributed by atoms with Crippen molar-refractivity contribution in [1.82, 2.24) is 0 Å². The lowest BCUT2D eigenvalue weighted by molar-refractivity contribution is 0.232. The van der Waals surface area contributed by atoms with E-state index in [0.717, 1.165) is 10.7 Å². The van der Waals surface area contributed by atoms with E-state index in [-0.39, 0.29) is 0 Å². The Labute approximate surface area is 103 Å². The predicted octanol–water partition coefficient (Wildman–Crippen LogP) is 4.72. The molecule has 0 radical (unpaired) electrons. The van der Waals surface area contributed by atoms with Crippen LogP contribution in [0.5, 0.6) is 0 Å². The van der Waals surface area contributed by atoms with Gasteiger partial charge in [-0.15, -0.1) is 0 Å². The highest BCUT2D eigenvalue weighted by molar-refractivity contribution is 6.33. The zero-order chi connectivity index (χ0) is 11.6. The van der Waals surface area contributed by atoms with Crippen molar-refractivity contribution in [3.05, 3.63) is 29.3 Å². The highest BCUT2D eigenvalue weighted by Gasteiger charge is 2.26. The molecule has 1 aromatic rings. The van der Waals surface area contributed by atoms with Crippen LogP contribution in [0.3, 0.4) is 0 Å². The molecular weight excluding hydrogens is 218 g/mol. The molecule has 0 atom stereocenters. The van der Waals surface area contributed by atoms with Gasteiger partial charge in [0.15, 0.2) is 0 Å². The highest BCUT2D eigenvalue weighted by atomic mass is 35.5. The smallest absolute Gasteiger partial charge is 0.0637 e. The molecule has 0 aromatic heterocycles. The number of nitrogens with one attached hydrogen (secondary N) is 1. The third-order valence-electron chi connectivity index (χ3n) is 3.57. The zero-order valence-electron chi connectivity index (χ0n) is 10.1. The van der Waals surface area contributed by atoms with Gasteiger partial charge in [0, 0.05) is 6.04 Å². The number of anilines is 1. The van der Waals surface area contributed by atoms with Crippen molar-refractivity contribution in [2.45, 2.75) is 45.6 Å². The Balaban J connectivity index is 1.95. The summed E-state index contributed by atoms with van der Waals surface area (Å²) in [6, 6.07) is 8.59. The Morgan fingerprint density at radius 3 is 2.44 bits per heavy atom. The fourth-order valence-corrected chi connectivity index (χ4v) is 2.53. The molecule has 1 aliphatic rings. The van der Waals surface area contributed by atoms with E-state index in [4.69, 9.17) is 11.6 Å². The maximum atomic E-state index is 6.14. The number of halogens is 1. The fourth-order valence-electron chi connectivity index (χ4n) is 2.34. The van der Waals surface area contributed by atoms with E-state index in [1.54, 1.807) is 0 Å². The van der Waals surface area contributed by atoms with Gasteiger partial charge >= 0.3 is 0 Å². The average Bonchev–Trinajstić information content (AvgIpc) is 2.24. The van der Waals surface area contributed by atoms with E-state index in [2.05, 4.69) is 25.2 Å². The van der Waals surface area contributed by atoms with Crippen molar-refractivity contribution in [2.75, 3.05) is 5.32 Å². The SMILES string of the molecule is CC1(C)CCC(Nc2ccccc2Cl)CC1. The van der Waals surface area contributed by atoms with Crippen LogP contribution in [0.1, 0.15) is 39.5 Å². The largest absolute Gasteiger partial charge is 0.381 e. The van der Waals surface area contributed by atoms with E-state index in [0.29, 0.717) is 11.5 Å². The fraction of sp³-hybridized carbons (Fsp3) is 0.571. The van der Waals surface area contributed by atoms with Gasteiger partial charge in [0.1, 0.15) is 0 Å². The molecule has 0 aliphatic heterocycles. The van der Waals surface area contributed by atoms with Gasteiger partial charge in [-0.25, -0.2) is 0 Å². The minimum absolute atomic E-state index is 0.526. The minimum atomic E-state index is 0.526. The molecule has 2 rings (SSSR count). The predicted molar refractivity (Wildman–Crippen MR) is 71.1 cm³/mol. The lowest BCUT2D eigenvalue weighted by atomic mass is 9.75. The van der Waals surface area contributed by atoms with Crippen molar-refractivity contribution in [2.24, 2.45) is 5.41 Å². The maximum absolute atomic E-state index is 6.14. The van der Waals surface area contributed by atoms with Crippen LogP contribution in [0.25, 0.3) is 0 Å². The number of hydrogen-bond donors (Lipinski definition) is 1.